The first-order valence-electron chi connectivity index (χ1n) is 7.90. The number of hydrogen-bond acceptors (Lipinski definition) is 4. The van der Waals surface area contributed by atoms with Crippen LogP contribution < -0.4 is 10.6 Å². The molecule has 0 aliphatic carbocycles. The zero-order valence-electron chi connectivity index (χ0n) is 14.2. The number of amides is 2. The molecule has 0 saturated heterocycles. The number of carbonyl (C=O) groups excluding carboxylic acids is 3. The minimum absolute atomic E-state index is 0.0199. The maximum Gasteiger partial charge on any atom is 0.308 e. The Balaban J connectivity index is 1.71. The molecule has 0 aliphatic heterocycles. The van der Waals surface area contributed by atoms with E-state index >= 15 is 0 Å². The van der Waals surface area contributed by atoms with E-state index in [4.69, 9.17) is 0 Å². The van der Waals surface area contributed by atoms with Crippen LogP contribution in [-0.2, 0) is 14.3 Å². The summed E-state index contributed by atoms with van der Waals surface area (Å²) in [6.07, 6.45) is -0.312. The lowest BCUT2D eigenvalue weighted by Gasteiger charge is -2.08. The highest BCUT2D eigenvalue weighted by atomic mass is 19.2. The fraction of sp³-hybridized carbons (Fsp3) is 0.167. The molecule has 6 nitrogen and oxygen atoms in total. The van der Waals surface area contributed by atoms with Crippen LogP contribution in [0, 0.1) is 23.3 Å². The molecule has 0 heterocycles. The highest BCUT2D eigenvalue weighted by Crippen LogP contribution is 2.13. The van der Waals surface area contributed by atoms with Gasteiger partial charge in [-0.1, -0.05) is 0 Å². The average molecular weight is 398 g/mol. The minimum atomic E-state index is -1.15. The second kappa shape index (κ2) is 9.49. The number of carbonyl (C=O) groups is 3. The van der Waals surface area contributed by atoms with Crippen LogP contribution >= 0.6 is 0 Å². The van der Waals surface area contributed by atoms with Crippen molar-refractivity contribution in [3.05, 3.63) is 65.2 Å². The smallest absolute Gasteiger partial charge is 0.308 e. The van der Waals surface area contributed by atoms with Gasteiger partial charge in [0, 0.05) is 24.4 Å². The van der Waals surface area contributed by atoms with Crippen LogP contribution in [0.25, 0.3) is 0 Å². The first kappa shape index (κ1) is 20.9. The molecule has 2 aromatic carbocycles. The molecule has 2 amide bonds. The van der Waals surface area contributed by atoms with E-state index in [0.717, 1.165) is 30.3 Å². The second-order valence-corrected chi connectivity index (χ2v) is 5.47. The molecule has 2 aromatic rings. The van der Waals surface area contributed by atoms with Crippen LogP contribution in [0.3, 0.4) is 0 Å². The zero-order valence-corrected chi connectivity index (χ0v) is 14.2. The first-order chi connectivity index (χ1) is 13.3. The van der Waals surface area contributed by atoms with Crippen molar-refractivity contribution in [2.45, 2.75) is 6.42 Å². The number of ether oxygens (including phenoxy) is 1. The lowest BCUT2D eigenvalue weighted by atomic mass is 10.2. The standard InChI is InChI=1S/C18H14F4N2O4/c19-10-1-3-12(14(21)7-10)18(27)23-6-5-17(26)28-9-16(25)24-11-2-4-13(20)15(22)8-11/h1-4,7-8H,5-6,9H2,(H,23,27)(H,24,25). The predicted octanol–water partition coefficient (Wildman–Crippen LogP) is 2.54. The Morgan fingerprint density at radius 3 is 2.32 bits per heavy atom. The normalized spacial score (nSPS) is 10.3. The molecular weight excluding hydrogens is 384 g/mol. The zero-order chi connectivity index (χ0) is 20.7. The van der Waals surface area contributed by atoms with Crippen molar-refractivity contribution >= 4 is 23.5 Å². The Labute approximate surface area is 156 Å². The molecule has 148 valence electrons. The van der Waals surface area contributed by atoms with Crippen molar-refractivity contribution in [3.63, 3.8) is 0 Å². The molecule has 0 aliphatic rings. The number of anilines is 1. The number of hydrogen-bond donors (Lipinski definition) is 2. The molecule has 0 aromatic heterocycles. The van der Waals surface area contributed by atoms with Gasteiger partial charge in [-0.2, -0.15) is 0 Å². The van der Waals surface area contributed by atoms with Crippen molar-refractivity contribution in [2.24, 2.45) is 0 Å². The van der Waals surface area contributed by atoms with Gasteiger partial charge in [-0.05, 0) is 24.3 Å². The lowest BCUT2D eigenvalue weighted by molar-refractivity contribution is -0.147. The summed E-state index contributed by atoms with van der Waals surface area (Å²) in [5, 5.41) is 4.46. The molecule has 0 atom stereocenters. The SMILES string of the molecule is O=C(COC(=O)CCNC(=O)c1ccc(F)cc1F)Nc1ccc(F)c(F)c1. The van der Waals surface area contributed by atoms with Gasteiger partial charge >= 0.3 is 5.97 Å². The Kier molecular flexibility index (Phi) is 7.08. The summed E-state index contributed by atoms with van der Waals surface area (Å²) in [5.41, 5.74) is -0.408. The third kappa shape index (κ3) is 6.08. The van der Waals surface area contributed by atoms with Gasteiger partial charge in [0.2, 0.25) is 0 Å². The van der Waals surface area contributed by atoms with Gasteiger partial charge in [0.15, 0.2) is 18.2 Å². The Morgan fingerprint density at radius 1 is 0.893 bits per heavy atom. The van der Waals surface area contributed by atoms with Gasteiger partial charge in [-0.15, -0.1) is 0 Å². The second-order valence-electron chi connectivity index (χ2n) is 5.47. The van der Waals surface area contributed by atoms with E-state index in [2.05, 4.69) is 15.4 Å². The molecule has 0 unspecified atom stereocenters. The van der Waals surface area contributed by atoms with Gasteiger partial charge in [0.25, 0.3) is 11.8 Å². The number of nitrogens with one attached hydrogen (secondary N) is 2. The third-order valence-corrected chi connectivity index (χ3v) is 3.36. The van der Waals surface area contributed by atoms with E-state index in [9.17, 15) is 31.9 Å². The van der Waals surface area contributed by atoms with Crippen LogP contribution in [-0.4, -0.2) is 30.9 Å². The van der Waals surface area contributed by atoms with Gasteiger partial charge < -0.3 is 15.4 Å². The van der Waals surface area contributed by atoms with E-state index in [0.29, 0.717) is 6.07 Å². The van der Waals surface area contributed by atoms with E-state index in [-0.39, 0.29) is 24.2 Å². The van der Waals surface area contributed by atoms with E-state index in [1.54, 1.807) is 0 Å². The first-order valence-corrected chi connectivity index (χ1v) is 7.90. The monoisotopic (exact) mass is 398 g/mol. The molecular formula is C18H14F4N2O4. The summed E-state index contributed by atoms with van der Waals surface area (Å²) in [5.74, 6) is -6.57. The Bertz CT molecular complexity index is 905. The van der Waals surface area contributed by atoms with Crippen LogP contribution in [0.4, 0.5) is 23.2 Å². The number of benzene rings is 2. The summed E-state index contributed by atoms with van der Waals surface area (Å²) in [7, 11) is 0. The van der Waals surface area contributed by atoms with Crippen LogP contribution in [0.15, 0.2) is 36.4 Å². The topological polar surface area (TPSA) is 84.5 Å². The van der Waals surface area contributed by atoms with Crippen molar-refractivity contribution < 1.29 is 36.7 Å². The Hall–Kier alpha value is -3.43. The lowest BCUT2D eigenvalue weighted by Crippen LogP contribution is -2.28. The molecule has 2 rings (SSSR count). The highest BCUT2D eigenvalue weighted by molar-refractivity contribution is 5.95. The maximum atomic E-state index is 13.4. The molecule has 28 heavy (non-hydrogen) atoms. The van der Waals surface area contributed by atoms with Crippen molar-refractivity contribution in [2.75, 3.05) is 18.5 Å². The Morgan fingerprint density at radius 2 is 1.64 bits per heavy atom. The third-order valence-electron chi connectivity index (χ3n) is 3.36. The summed E-state index contributed by atoms with van der Waals surface area (Å²) >= 11 is 0. The quantitative estimate of drug-likeness (QED) is 0.555. The fourth-order valence-corrected chi connectivity index (χ4v) is 2.04. The molecule has 2 N–H and O–H groups in total. The molecule has 0 spiro atoms. The summed E-state index contributed by atoms with van der Waals surface area (Å²) < 4.78 is 56.7. The maximum absolute atomic E-state index is 13.4. The minimum Gasteiger partial charge on any atom is -0.456 e. The van der Waals surface area contributed by atoms with Crippen molar-refractivity contribution in [3.8, 4) is 0 Å². The average Bonchev–Trinajstić information content (AvgIpc) is 2.63. The van der Waals surface area contributed by atoms with Gasteiger partial charge in [0.05, 0.1) is 12.0 Å². The van der Waals surface area contributed by atoms with E-state index in [1.807, 2.05) is 0 Å². The summed E-state index contributed by atoms with van der Waals surface area (Å²) in [4.78, 5) is 34.9. The molecule has 0 radical (unpaired) electrons. The fourth-order valence-electron chi connectivity index (χ4n) is 2.04. The van der Waals surface area contributed by atoms with Crippen LogP contribution in [0.5, 0.6) is 0 Å². The number of rotatable bonds is 7. The molecule has 0 fully saturated rings. The number of esters is 1. The van der Waals surface area contributed by atoms with Gasteiger partial charge in [0.1, 0.15) is 11.6 Å². The van der Waals surface area contributed by atoms with Crippen molar-refractivity contribution in [1.82, 2.24) is 5.32 Å². The molecule has 0 bridgehead atoms. The van der Waals surface area contributed by atoms with Crippen molar-refractivity contribution in [1.29, 1.82) is 0 Å². The highest BCUT2D eigenvalue weighted by Gasteiger charge is 2.14. The molecule has 0 saturated carbocycles. The number of halogens is 4. The summed E-state index contributed by atoms with van der Waals surface area (Å²) in [6, 6.07) is 5.14. The van der Waals surface area contributed by atoms with Gasteiger partial charge in [-0.3, -0.25) is 14.4 Å². The van der Waals surface area contributed by atoms with E-state index in [1.165, 1.54) is 0 Å². The van der Waals surface area contributed by atoms with Crippen LogP contribution in [0.2, 0.25) is 0 Å². The predicted molar refractivity (Wildman–Crippen MR) is 89.3 cm³/mol. The molecule has 10 heteroatoms. The van der Waals surface area contributed by atoms with E-state index < -0.39 is 47.7 Å². The largest absolute Gasteiger partial charge is 0.456 e. The van der Waals surface area contributed by atoms with Gasteiger partial charge in [-0.25, -0.2) is 17.6 Å². The van der Waals surface area contributed by atoms with Crippen LogP contribution in [0.1, 0.15) is 16.8 Å². The summed E-state index contributed by atoms with van der Waals surface area (Å²) in [6.45, 7) is -0.891.